The third-order valence-electron chi connectivity index (χ3n) is 5.64. The highest BCUT2D eigenvalue weighted by atomic mass is 32.1. The average molecular weight is 586 g/mol. The molecule has 4 heterocycles. The number of nitrogens with one attached hydrogen (secondary N) is 1. The van der Waals surface area contributed by atoms with Crippen LogP contribution >= 0.6 is 11.3 Å². The number of piperidine rings is 1. The lowest BCUT2D eigenvalue weighted by molar-refractivity contribution is -0.193. The van der Waals surface area contributed by atoms with Crippen molar-refractivity contribution in [3.05, 3.63) is 46.4 Å². The first-order valence-electron chi connectivity index (χ1n) is 11.3. The van der Waals surface area contributed by atoms with E-state index in [0.29, 0.717) is 5.92 Å². The lowest BCUT2D eigenvalue weighted by Gasteiger charge is -2.33. The number of amides is 1. The Balaban J connectivity index is 0.000000317. The Morgan fingerprint density at radius 1 is 1.10 bits per heavy atom. The van der Waals surface area contributed by atoms with Crippen LogP contribution in [0.15, 0.2) is 35.8 Å². The van der Waals surface area contributed by atoms with Crippen LogP contribution in [0, 0.1) is 12.8 Å². The highest BCUT2D eigenvalue weighted by Crippen LogP contribution is 2.34. The molecule has 2 saturated heterocycles. The molecule has 2 aliphatic heterocycles. The summed E-state index contributed by atoms with van der Waals surface area (Å²) in [6.45, 7) is 4.88. The molecule has 4 rings (SSSR count). The molecule has 2 aliphatic rings. The standard InChI is InChI=1S/C19H23N3O2S.2C2HF3O2/c1-13-16(5-2-7-20-13)21-19(23)17-10-14-6-8-22(12-18(14)24-17)11-15-4-3-9-25-15;2*3-2(4,5)1(6)7/h2-5,7,9,14,17-18H,6,8,10-12H2,1H3,(H,21,23);2*(H,6,7)/t14-,17-,18+;;/m0../s1. The molecule has 216 valence electrons. The number of carbonyl (C=O) groups excluding carboxylic acids is 1. The molecule has 9 nitrogen and oxygen atoms in total. The molecule has 0 spiro atoms. The quantitative estimate of drug-likeness (QED) is 0.453. The summed E-state index contributed by atoms with van der Waals surface area (Å²) in [5.41, 5.74) is 1.60. The zero-order chi connectivity index (χ0) is 29.4. The molecule has 0 radical (unpaired) electrons. The van der Waals surface area contributed by atoms with Crippen molar-refractivity contribution in [1.29, 1.82) is 0 Å². The van der Waals surface area contributed by atoms with Crippen LogP contribution in [0.5, 0.6) is 0 Å². The molecule has 0 aliphatic carbocycles. The van der Waals surface area contributed by atoms with E-state index >= 15 is 0 Å². The summed E-state index contributed by atoms with van der Waals surface area (Å²) in [6, 6.07) is 7.99. The molecule has 3 atom stereocenters. The van der Waals surface area contributed by atoms with Crippen molar-refractivity contribution in [3.8, 4) is 0 Å². The molecule has 3 N–H and O–H groups in total. The van der Waals surface area contributed by atoms with Gasteiger partial charge in [-0.1, -0.05) is 6.07 Å². The molecule has 2 fully saturated rings. The Hall–Kier alpha value is -3.24. The van der Waals surface area contributed by atoms with Gasteiger partial charge in [0.25, 0.3) is 5.91 Å². The molecular formula is C23H25F6N3O6S. The second-order valence-electron chi connectivity index (χ2n) is 8.49. The molecular weight excluding hydrogens is 560 g/mol. The van der Waals surface area contributed by atoms with Crippen LogP contribution in [-0.2, 0) is 25.7 Å². The molecule has 1 amide bonds. The van der Waals surface area contributed by atoms with Crippen LogP contribution < -0.4 is 5.32 Å². The fourth-order valence-electron chi connectivity index (χ4n) is 3.76. The van der Waals surface area contributed by atoms with Crippen molar-refractivity contribution in [2.75, 3.05) is 18.4 Å². The number of likely N-dealkylation sites (tertiary alicyclic amines) is 1. The third-order valence-corrected chi connectivity index (χ3v) is 6.50. The summed E-state index contributed by atoms with van der Waals surface area (Å²) < 4.78 is 69.6. The van der Waals surface area contributed by atoms with E-state index in [1.807, 2.05) is 19.1 Å². The van der Waals surface area contributed by atoms with E-state index in [-0.39, 0.29) is 18.1 Å². The van der Waals surface area contributed by atoms with Gasteiger partial charge in [0.05, 0.1) is 17.5 Å². The number of carboxylic acid groups (broad SMARTS) is 2. The van der Waals surface area contributed by atoms with E-state index in [1.165, 1.54) is 4.88 Å². The lowest BCUT2D eigenvalue weighted by Crippen LogP contribution is -2.41. The maximum Gasteiger partial charge on any atom is 0.490 e. The van der Waals surface area contributed by atoms with Crippen LogP contribution in [0.3, 0.4) is 0 Å². The van der Waals surface area contributed by atoms with Gasteiger partial charge in [-0.15, -0.1) is 11.3 Å². The number of aliphatic carboxylic acids is 2. The van der Waals surface area contributed by atoms with Crippen LogP contribution in [0.1, 0.15) is 23.4 Å². The Morgan fingerprint density at radius 3 is 2.23 bits per heavy atom. The predicted molar refractivity (Wildman–Crippen MR) is 126 cm³/mol. The number of hydrogen-bond donors (Lipinski definition) is 3. The number of carbonyl (C=O) groups is 3. The summed E-state index contributed by atoms with van der Waals surface area (Å²) in [5.74, 6) is -5.07. The zero-order valence-electron chi connectivity index (χ0n) is 20.3. The number of nitrogens with zero attached hydrogens (tertiary/aromatic N) is 2. The van der Waals surface area contributed by atoms with Gasteiger partial charge in [0, 0.05) is 24.2 Å². The smallest absolute Gasteiger partial charge is 0.475 e. The number of pyridine rings is 1. The summed E-state index contributed by atoms with van der Waals surface area (Å²) in [5, 5.41) is 19.3. The summed E-state index contributed by atoms with van der Waals surface area (Å²) >= 11 is 1.80. The Bertz CT molecular complexity index is 1090. The zero-order valence-corrected chi connectivity index (χ0v) is 21.1. The summed E-state index contributed by atoms with van der Waals surface area (Å²) in [6.07, 6.45) is -6.70. The number of fused-ring (bicyclic) bond motifs is 1. The minimum absolute atomic E-state index is 0.0460. The molecule has 0 unspecified atom stereocenters. The van der Waals surface area contributed by atoms with E-state index in [4.69, 9.17) is 24.5 Å². The fraction of sp³-hybridized carbons (Fsp3) is 0.478. The van der Waals surface area contributed by atoms with Gasteiger partial charge in [0.15, 0.2) is 0 Å². The van der Waals surface area contributed by atoms with Crippen LogP contribution in [0.25, 0.3) is 0 Å². The number of anilines is 1. The second kappa shape index (κ2) is 13.7. The number of hydrogen-bond acceptors (Lipinski definition) is 7. The second-order valence-corrected chi connectivity index (χ2v) is 9.53. The van der Waals surface area contributed by atoms with Crippen LogP contribution in [0.2, 0.25) is 0 Å². The van der Waals surface area contributed by atoms with E-state index in [2.05, 4.69) is 32.7 Å². The van der Waals surface area contributed by atoms with E-state index < -0.39 is 24.3 Å². The van der Waals surface area contributed by atoms with Crippen LogP contribution in [-0.4, -0.2) is 75.6 Å². The number of aromatic nitrogens is 1. The molecule has 2 aromatic rings. The highest BCUT2D eigenvalue weighted by molar-refractivity contribution is 7.09. The first-order chi connectivity index (χ1) is 18.1. The molecule has 16 heteroatoms. The number of halogens is 6. The van der Waals surface area contributed by atoms with Crippen molar-refractivity contribution in [3.63, 3.8) is 0 Å². The third kappa shape index (κ3) is 10.4. The Morgan fingerprint density at radius 2 is 1.72 bits per heavy atom. The lowest BCUT2D eigenvalue weighted by atomic mass is 9.91. The van der Waals surface area contributed by atoms with Crippen molar-refractivity contribution in [2.45, 2.75) is 50.9 Å². The molecule has 0 saturated carbocycles. The minimum Gasteiger partial charge on any atom is -0.475 e. The van der Waals surface area contributed by atoms with E-state index in [1.54, 1.807) is 17.5 Å². The van der Waals surface area contributed by atoms with E-state index in [0.717, 1.165) is 43.9 Å². The van der Waals surface area contributed by atoms with Crippen molar-refractivity contribution >= 4 is 34.9 Å². The van der Waals surface area contributed by atoms with Gasteiger partial charge in [-0.25, -0.2) is 9.59 Å². The van der Waals surface area contributed by atoms with Crippen molar-refractivity contribution in [2.24, 2.45) is 5.92 Å². The molecule has 39 heavy (non-hydrogen) atoms. The highest BCUT2D eigenvalue weighted by Gasteiger charge is 2.42. The van der Waals surface area contributed by atoms with Crippen molar-refractivity contribution in [1.82, 2.24) is 9.88 Å². The number of aryl methyl sites for hydroxylation is 1. The maximum atomic E-state index is 12.6. The number of carboxylic acids is 2. The summed E-state index contributed by atoms with van der Waals surface area (Å²) in [7, 11) is 0. The van der Waals surface area contributed by atoms with Crippen molar-refractivity contribution < 1.29 is 55.7 Å². The first-order valence-corrected chi connectivity index (χ1v) is 12.2. The SMILES string of the molecule is Cc1ncccc1NC(=O)[C@@H]1C[C@@H]2CCN(Cc3cccs3)C[C@H]2O1.O=C(O)C(F)(F)F.O=C(O)C(F)(F)F. The van der Waals surface area contributed by atoms with Gasteiger partial charge >= 0.3 is 24.3 Å². The van der Waals surface area contributed by atoms with Gasteiger partial charge in [-0.05, 0) is 55.8 Å². The molecule has 2 aromatic heterocycles. The largest absolute Gasteiger partial charge is 0.490 e. The molecule has 0 aromatic carbocycles. The number of ether oxygens (including phenoxy) is 1. The van der Waals surface area contributed by atoms with Gasteiger partial charge < -0.3 is 20.3 Å². The minimum atomic E-state index is -5.08. The Kier molecular flexibility index (Phi) is 11.2. The Labute approximate surface area is 222 Å². The van der Waals surface area contributed by atoms with Gasteiger partial charge in [0.1, 0.15) is 6.10 Å². The fourth-order valence-corrected chi connectivity index (χ4v) is 4.51. The van der Waals surface area contributed by atoms with E-state index in [9.17, 15) is 31.1 Å². The first kappa shape index (κ1) is 32.0. The molecule has 0 bridgehead atoms. The van der Waals surface area contributed by atoms with Crippen LogP contribution in [0.4, 0.5) is 32.0 Å². The predicted octanol–water partition coefficient (Wildman–Crippen LogP) is 4.34. The number of thiophene rings is 1. The maximum absolute atomic E-state index is 12.6. The average Bonchev–Trinajstić information content (AvgIpc) is 3.50. The number of alkyl halides is 6. The van der Waals surface area contributed by atoms with Gasteiger partial charge in [0.2, 0.25) is 0 Å². The summed E-state index contributed by atoms with van der Waals surface area (Å²) in [4.78, 5) is 38.4. The topological polar surface area (TPSA) is 129 Å². The number of rotatable bonds is 4. The van der Waals surface area contributed by atoms with Gasteiger partial charge in [-0.2, -0.15) is 26.3 Å². The normalized spacial score (nSPS) is 20.9. The van der Waals surface area contributed by atoms with Gasteiger partial charge in [-0.3, -0.25) is 14.7 Å². The monoisotopic (exact) mass is 585 g/mol.